The first kappa shape index (κ1) is 13.6. The Morgan fingerprint density at radius 2 is 2.12 bits per heavy atom. The number of phenols is 1. The number of rotatable bonds is 5. The summed E-state index contributed by atoms with van der Waals surface area (Å²) in [4.78, 5) is 11.2. The zero-order valence-electron chi connectivity index (χ0n) is 9.24. The summed E-state index contributed by atoms with van der Waals surface area (Å²) in [6.45, 7) is 0.168. The molecule has 0 saturated heterocycles. The van der Waals surface area contributed by atoms with Crippen LogP contribution in [0, 0.1) is 0 Å². The van der Waals surface area contributed by atoms with Crippen molar-refractivity contribution in [3.8, 4) is 5.75 Å². The van der Waals surface area contributed by atoms with Gasteiger partial charge in [-0.3, -0.25) is 4.79 Å². The van der Waals surface area contributed by atoms with E-state index in [9.17, 15) is 4.79 Å². The molecule has 3 N–H and O–H groups in total. The summed E-state index contributed by atoms with van der Waals surface area (Å²) in [5, 5.41) is 9.07. The molecule has 92 valence electrons. The first-order valence-electron chi connectivity index (χ1n) is 5.12. The number of nitrogens with two attached hydrogens (primary N) is 1. The van der Waals surface area contributed by atoms with Crippen molar-refractivity contribution in [2.24, 2.45) is 5.73 Å². The van der Waals surface area contributed by atoms with Gasteiger partial charge in [-0.15, -0.1) is 0 Å². The zero-order valence-corrected chi connectivity index (χ0v) is 10.1. The second kappa shape index (κ2) is 6.98. The van der Waals surface area contributed by atoms with Crippen molar-refractivity contribution < 1.29 is 14.6 Å². The number of ether oxygens (including phenoxy) is 1. The van der Waals surface area contributed by atoms with Gasteiger partial charge in [-0.2, -0.15) is 12.6 Å². The van der Waals surface area contributed by atoms with Crippen molar-refractivity contribution in [1.82, 2.24) is 0 Å². The number of carbonyl (C=O) groups is 1. The van der Waals surface area contributed by atoms with Gasteiger partial charge in [-0.05, 0) is 23.8 Å². The second-order valence-corrected chi connectivity index (χ2v) is 3.78. The molecule has 0 aromatic heterocycles. The van der Waals surface area contributed by atoms with Gasteiger partial charge >= 0.3 is 5.97 Å². The molecule has 4 nitrogen and oxygen atoms in total. The molecule has 1 aromatic rings. The van der Waals surface area contributed by atoms with E-state index >= 15 is 0 Å². The van der Waals surface area contributed by atoms with E-state index in [4.69, 9.17) is 15.6 Å². The van der Waals surface area contributed by atoms with Crippen molar-refractivity contribution in [2.45, 2.75) is 6.04 Å². The summed E-state index contributed by atoms with van der Waals surface area (Å²) in [5.74, 6) is 0.0178. The third kappa shape index (κ3) is 4.93. The smallest absolute Gasteiger partial charge is 0.324 e. The molecule has 0 aliphatic heterocycles. The lowest BCUT2D eigenvalue weighted by Crippen LogP contribution is -2.33. The third-order valence-corrected chi connectivity index (χ3v) is 2.42. The maximum Gasteiger partial charge on any atom is 0.324 e. The molecule has 0 radical (unpaired) electrons. The van der Waals surface area contributed by atoms with Crippen LogP contribution in [0.5, 0.6) is 5.75 Å². The van der Waals surface area contributed by atoms with Crippen LogP contribution >= 0.6 is 12.6 Å². The predicted molar refractivity (Wildman–Crippen MR) is 69.9 cm³/mol. The lowest BCUT2D eigenvalue weighted by molar-refractivity contribution is -0.143. The average molecular weight is 253 g/mol. The maximum absolute atomic E-state index is 11.2. The van der Waals surface area contributed by atoms with Crippen molar-refractivity contribution in [2.75, 3.05) is 12.4 Å². The summed E-state index contributed by atoms with van der Waals surface area (Å²) < 4.78 is 4.89. The standard InChI is InChI=1S/C12H15NO3S/c13-11(8-17)12(15)16-7-1-2-9-3-5-10(14)6-4-9/h1-6,11,14,17H,7-8,13H2/t11-/m0/s1. The maximum atomic E-state index is 11.2. The number of hydrogen-bond donors (Lipinski definition) is 3. The molecule has 0 fully saturated rings. The van der Waals surface area contributed by atoms with Gasteiger partial charge in [0.05, 0.1) is 0 Å². The van der Waals surface area contributed by atoms with E-state index in [-0.39, 0.29) is 18.1 Å². The van der Waals surface area contributed by atoms with E-state index in [0.717, 1.165) is 5.56 Å². The van der Waals surface area contributed by atoms with Crippen molar-refractivity contribution in [3.05, 3.63) is 35.9 Å². The van der Waals surface area contributed by atoms with Crippen LogP contribution in [0.15, 0.2) is 30.3 Å². The van der Waals surface area contributed by atoms with Crippen LogP contribution < -0.4 is 5.73 Å². The van der Waals surface area contributed by atoms with Gasteiger partial charge in [0.25, 0.3) is 0 Å². The summed E-state index contributed by atoms with van der Waals surface area (Å²) in [6.07, 6.45) is 3.49. The monoisotopic (exact) mass is 253 g/mol. The Morgan fingerprint density at radius 3 is 2.71 bits per heavy atom. The molecule has 0 saturated carbocycles. The van der Waals surface area contributed by atoms with E-state index in [0.29, 0.717) is 0 Å². The molecule has 0 aliphatic carbocycles. The molecule has 5 heteroatoms. The number of aromatic hydroxyl groups is 1. The molecule has 0 heterocycles. The Bertz CT molecular complexity index is 389. The first-order valence-corrected chi connectivity index (χ1v) is 5.75. The quantitative estimate of drug-likeness (QED) is 0.545. The van der Waals surface area contributed by atoms with E-state index in [1.807, 2.05) is 0 Å². The van der Waals surface area contributed by atoms with Gasteiger partial charge in [-0.1, -0.05) is 18.2 Å². The van der Waals surface area contributed by atoms with E-state index in [1.54, 1.807) is 36.4 Å². The molecular formula is C12H15NO3S. The fourth-order valence-electron chi connectivity index (χ4n) is 1.08. The molecule has 0 aliphatic rings. The van der Waals surface area contributed by atoms with Gasteiger partial charge in [0, 0.05) is 5.75 Å². The van der Waals surface area contributed by atoms with E-state index in [1.165, 1.54) is 0 Å². The Balaban J connectivity index is 2.36. The molecule has 0 bridgehead atoms. The Hall–Kier alpha value is -1.46. The minimum atomic E-state index is -0.680. The van der Waals surface area contributed by atoms with Crippen molar-refractivity contribution >= 4 is 24.7 Å². The highest BCUT2D eigenvalue weighted by Gasteiger charge is 2.11. The normalized spacial score (nSPS) is 12.6. The van der Waals surface area contributed by atoms with E-state index < -0.39 is 12.0 Å². The number of phenolic OH excluding ortho intramolecular Hbond substituents is 1. The fourth-order valence-corrected chi connectivity index (χ4v) is 1.23. The van der Waals surface area contributed by atoms with Crippen LogP contribution in [-0.4, -0.2) is 29.5 Å². The molecule has 17 heavy (non-hydrogen) atoms. The average Bonchev–Trinajstić information content (AvgIpc) is 2.35. The molecule has 0 amide bonds. The van der Waals surface area contributed by atoms with Crippen molar-refractivity contribution in [3.63, 3.8) is 0 Å². The highest BCUT2D eigenvalue weighted by atomic mass is 32.1. The number of esters is 1. The topological polar surface area (TPSA) is 72.6 Å². The van der Waals surface area contributed by atoms with Gasteiger partial charge in [-0.25, -0.2) is 0 Å². The molecule has 1 rings (SSSR count). The summed E-state index contributed by atoms with van der Waals surface area (Å²) >= 11 is 3.90. The minimum Gasteiger partial charge on any atom is -0.508 e. The molecule has 0 unspecified atom stereocenters. The second-order valence-electron chi connectivity index (χ2n) is 3.41. The fraction of sp³-hybridized carbons (Fsp3) is 0.250. The summed E-state index contributed by atoms with van der Waals surface area (Å²) in [5.41, 5.74) is 6.34. The summed E-state index contributed by atoms with van der Waals surface area (Å²) in [7, 11) is 0. The lowest BCUT2D eigenvalue weighted by Gasteiger charge is -2.06. The van der Waals surface area contributed by atoms with Crippen LogP contribution in [0.1, 0.15) is 5.56 Å². The van der Waals surface area contributed by atoms with Crippen LogP contribution in [0.4, 0.5) is 0 Å². The number of carbonyl (C=O) groups excluding carboxylic acids is 1. The molecule has 1 aromatic carbocycles. The highest BCUT2D eigenvalue weighted by Crippen LogP contribution is 2.10. The zero-order chi connectivity index (χ0) is 12.7. The van der Waals surface area contributed by atoms with Crippen molar-refractivity contribution in [1.29, 1.82) is 0 Å². The van der Waals surface area contributed by atoms with Gasteiger partial charge < -0.3 is 15.6 Å². The van der Waals surface area contributed by atoms with Gasteiger partial charge in [0.15, 0.2) is 0 Å². The van der Waals surface area contributed by atoms with Crippen LogP contribution in [0.3, 0.4) is 0 Å². The molecule has 1 atom stereocenters. The predicted octanol–water partition coefficient (Wildman–Crippen LogP) is 1.21. The Labute approximate surface area is 105 Å². The largest absolute Gasteiger partial charge is 0.508 e. The SMILES string of the molecule is N[C@@H](CS)C(=O)OCC=Cc1ccc(O)cc1. The van der Waals surface area contributed by atoms with Crippen LogP contribution in [0.2, 0.25) is 0 Å². The minimum absolute atomic E-state index is 0.168. The van der Waals surface area contributed by atoms with Gasteiger partial charge in [0.1, 0.15) is 18.4 Å². The number of benzene rings is 1. The lowest BCUT2D eigenvalue weighted by atomic mass is 10.2. The Morgan fingerprint density at radius 1 is 1.47 bits per heavy atom. The third-order valence-electron chi connectivity index (χ3n) is 2.02. The number of thiol groups is 1. The van der Waals surface area contributed by atoms with E-state index in [2.05, 4.69) is 12.6 Å². The van der Waals surface area contributed by atoms with Gasteiger partial charge in [0.2, 0.25) is 0 Å². The molecule has 0 spiro atoms. The van der Waals surface area contributed by atoms with Crippen LogP contribution in [0.25, 0.3) is 6.08 Å². The molecular weight excluding hydrogens is 238 g/mol. The number of hydrogen-bond acceptors (Lipinski definition) is 5. The highest BCUT2D eigenvalue weighted by molar-refractivity contribution is 7.80. The van der Waals surface area contributed by atoms with Crippen LogP contribution in [-0.2, 0) is 9.53 Å². The first-order chi connectivity index (χ1) is 8.13. The Kier molecular flexibility index (Phi) is 5.59. The summed E-state index contributed by atoms with van der Waals surface area (Å²) in [6, 6.07) is 6.01.